The van der Waals surface area contributed by atoms with Crippen molar-refractivity contribution in [1.82, 2.24) is 4.57 Å². The lowest BCUT2D eigenvalue weighted by Gasteiger charge is -2.18. The first-order chi connectivity index (χ1) is 17.4. The lowest BCUT2D eigenvalue weighted by atomic mass is 9.92. The molecule has 5 nitrogen and oxygen atoms in total. The van der Waals surface area contributed by atoms with E-state index < -0.39 is 15.6 Å². The Morgan fingerprint density at radius 2 is 1.13 bits per heavy atom. The van der Waals surface area contributed by atoms with Crippen molar-refractivity contribution in [2.45, 2.75) is 84.6 Å². The van der Waals surface area contributed by atoms with Crippen LogP contribution in [0.5, 0.6) is 0 Å². The number of imidazole rings is 1. The van der Waals surface area contributed by atoms with Crippen molar-refractivity contribution in [2.24, 2.45) is 0 Å². The minimum absolute atomic E-state index is 0.454. The Morgan fingerprint density at radius 3 is 1.45 bits per heavy atom. The number of benzene rings is 2. The van der Waals surface area contributed by atoms with Gasteiger partial charge in [-0.3, -0.25) is 0 Å². The standard InChI is InChI=1S/C27H36BrN2.CHF3O3S/c1-17(2)21-11-9-12-22(18(3)4)25(21)29-15-16-30(27(29)28)26-23(19(5)6)13-10-14-24(26)20(7)8;2-1(3,4)8(5,6)7/h9-20H,1-8H3;(H,5,6,7)/q+1;/p-1. The maximum Gasteiger partial charge on any atom is 0.485 e. The van der Waals surface area contributed by atoms with E-state index in [4.69, 9.17) is 13.0 Å². The summed E-state index contributed by atoms with van der Waals surface area (Å²) in [7, 11) is -6.09. The average Bonchev–Trinajstić information content (AvgIpc) is 3.17. The SMILES string of the molecule is CC(C)c1cccc(C(C)C)c1-n1cc[n+](-c2c(C(C)C)cccc2C(C)C)c1Br.O=S(=O)([O-])C(F)(F)F. The van der Waals surface area contributed by atoms with Crippen LogP contribution >= 0.6 is 15.9 Å². The number of halogens is 4. The van der Waals surface area contributed by atoms with Crippen LogP contribution in [0.2, 0.25) is 0 Å². The fraction of sp³-hybridized carbons (Fsp3) is 0.464. The number of nitrogens with zero attached hydrogens (tertiary/aromatic N) is 2. The molecule has 0 N–H and O–H groups in total. The van der Waals surface area contributed by atoms with Crippen molar-refractivity contribution < 1.29 is 30.7 Å². The lowest BCUT2D eigenvalue weighted by molar-refractivity contribution is -0.608. The Labute approximate surface area is 232 Å². The van der Waals surface area contributed by atoms with Gasteiger partial charge in [0.15, 0.2) is 10.1 Å². The maximum absolute atomic E-state index is 10.7. The summed E-state index contributed by atoms with van der Waals surface area (Å²) in [6.07, 6.45) is 4.41. The predicted molar refractivity (Wildman–Crippen MR) is 147 cm³/mol. The first-order valence-corrected chi connectivity index (χ1v) is 14.7. The summed E-state index contributed by atoms with van der Waals surface area (Å²) in [6, 6.07) is 13.5. The monoisotopic (exact) mass is 616 g/mol. The van der Waals surface area contributed by atoms with Crippen LogP contribution in [0, 0.1) is 0 Å². The minimum atomic E-state index is -6.09. The molecule has 0 unspecified atom stereocenters. The van der Waals surface area contributed by atoms with Crippen LogP contribution < -0.4 is 4.57 Å². The summed E-state index contributed by atoms with van der Waals surface area (Å²) < 4.78 is 64.6. The third-order valence-electron chi connectivity index (χ3n) is 6.21. The molecular weight excluding hydrogens is 581 g/mol. The molecule has 0 saturated heterocycles. The van der Waals surface area contributed by atoms with E-state index in [1.807, 2.05) is 0 Å². The van der Waals surface area contributed by atoms with Crippen molar-refractivity contribution in [3.8, 4) is 11.4 Å². The van der Waals surface area contributed by atoms with Gasteiger partial charge in [-0.2, -0.15) is 22.3 Å². The first-order valence-electron chi connectivity index (χ1n) is 12.5. The summed E-state index contributed by atoms with van der Waals surface area (Å²) in [5.41, 5.74) is 2.49. The molecular formula is C28H36BrF3N2O3S. The van der Waals surface area contributed by atoms with Crippen LogP contribution in [-0.2, 0) is 10.1 Å². The van der Waals surface area contributed by atoms with Gasteiger partial charge in [0.1, 0.15) is 23.8 Å². The molecule has 1 aromatic heterocycles. The highest BCUT2D eigenvalue weighted by molar-refractivity contribution is 9.10. The van der Waals surface area contributed by atoms with Gasteiger partial charge in [0.25, 0.3) is 0 Å². The summed E-state index contributed by atoms with van der Waals surface area (Å²) in [6.45, 7) is 18.2. The number of aromatic nitrogens is 2. The molecule has 0 spiro atoms. The minimum Gasteiger partial charge on any atom is -0.741 e. The predicted octanol–water partition coefficient (Wildman–Crippen LogP) is 8.06. The molecule has 2 aromatic carbocycles. The van der Waals surface area contributed by atoms with Gasteiger partial charge in [0.05, 0.1) is 15.9 Å². The van der Waals surface area contributed by atoms with Gasteiger partial charge >= 0.3 is 10.2 Å². The Balaban J connectivity index is 0.000000550. The molecule has 0 aliphatic rings. The number of alkyl halides is 3. The molecule has 0 bridgehead atoms. The number of hydrogen-bond acceptors (Lipinski definition) is 3. The van der Waals surface area contributed by atoms with Crippen LogP contribution in [0.4, 0.5) is 13.2 Å². The highest BCUT2D eigenvalue weighted by Gasteiger charge is 2.37. The van der Waals surface area contributed by atoms with E-state index in [1.165, 1.54) is 33.6 Å². The van der Waals surface area contributed by atoms with E-state index in [1.54, 1.807) is 0 Å². The second kappa shape index (κ2) is 12.3. The molecule has 0 aliphatic carbocycles. The molecule has 38 heavy (non-hydrogen) atoms. The van der Waals surface area contributed by atoms with Crippen LogP contribution in [0.25, 0.3) is 11.4 Å². The summed E-state index contributed by atoms with van der Waals surface area (Å²) >= 11 is 3.98. The molecule has 0 aliphatic heterocycles. The highest BCUT2D eigenvalue weighted by atomic mass is 79.9. The Hall–Kier alpha value is -2.17. The van der Waals surface area contributed by atoms with Gasteiger partial charge < -0.3 is 4.55 Å². The number of hydrogen-bond donors (Lipinski definition) is 0. The molecule has 0 atom stereocenters. The molecule has 210 valence electrons. The molecule has 0 amide bonds. The second-order valence-electron chi connectivity index (χ2n) is 10.4. The molecule has 0 saturated carbocycles. The fourth-order valence-corrected chi connectivity index (χ4v) is 4.88. The van der Waals surface area contributed by atoms with E-state index in [0.717, 1.165) is 4.73 Å². The van der Waals surface area contributed by atoms with Gasteiger partial charge in [-0.25, -0.2) is 8.42 Å². The summed E-state index contributed by atoms with van der Waals surface area (Å²) in [5.74, 6) is 1.82. The van der Waals surface area contributed by atoms with Crippen molar-refractivity contribution in [1.29, 1.82) is 0 Å². The third kappa shape index (κ3) is 7.07. The molecule has 3 rings (SSSR count). The number of para-hydroxylation sites is 2. The zero-order valence-corrected chi connectivity index (χ0v) is 25.4. The summed E-state index contributed by atoms with van der Waals surface area (Å²) in [4.78, 5) is 0. The average molecular weight is 618 g/mol. The van der Waals surface area contributed by atoms with Crippen molar-refractivity contribution >= 4 is 26.0 Å². The van der Waals surface area contributed by atoms with Crippen molar-refractivity contribution in [3.05, 3.63) is 75.8 Å². The molecule has 0 radical (unpaired) electrons. The number of rotatable bonds is 6. The van der Waals surface area contributed by atoms with Gasteiger partial charge in [0, 0.05) is 22.3 Å². The smallest absolute Gasteiger partial charge is 0.485 e. The van der Waals surface area contributed by atoms with Gasteiger partial charge in [-0.05, 0) is 23.7 Å². The van der Waals surface area contributed by atoms with Crippen LogP contribution in [0.15, 0.2) is 53.5 Å². The van der Waals surface area contributed by atoms with Gasteiger partial charge in [-0.1, -0.05) is 91.8 Å². The molecule has 10 heteroatoms. The van der Waals surface area contributed by atoms with Crippen molar-refractivity contribution in [2.75, 3.05) is 0 Å². The fourth-order valence-electron chi connectivity index (χ4n) is 4.29. The molecule has 3 aromatic rings. The quantitative estimate of drug-likeness (QED) is 0.160. The van der Waals surface area contributed by atoms with E-state index in [0.29, 0.717) is 23.7 Å². The van der Waals surface area contributed by atoms with Crippen molar-refractivity contribution in [3.63, 3.8) is 0 Å². The summed E-state index contributed by atoms with van der Waals surface area (Å²) in [5, 5.41) is 0. The van der Waals surface area contributed by atoms with Crippen LogP contribution in [0.3, 0.4) is 0 Å². The topological polar surface area (TPSA) is 66.0 Å². The zero-order valence-electron chi connectivity index (χ0n) is 23.0. The van der Waals surface area contributed by atoms with E-state index in [-0.39, 0.29) is 0 Å². The largest absolute Gasteiger partial charge is 0.741 e. The van der Waals surface area contributed by atoms with Crippen LogP contribution in [0.1, 0.15) is 101 Å². The third-order valence-corrected chi connectivity index (χ3v) is 7.54. The maximum atomic E-state index is 10.7. The highest BCUT2D eigenvalue weighted by Crippen LogP contribution is 2.34. The van der Waals surface area contributed by atoms with E-state index in [2.05, 4.69) is 129 Å². The lowest BCUT2D eigenvalue weighted by Crippen LogP contribution is -2.34. The first kappa shape index (κ1) is 32.0. The van der Waals surface area contributed by atoms with Crippen LogP contribution in [-0.4, -0.2) is 23.0 Å². The zero-order chi connectivity index (χ0) is 29.2. The molecule has 0 fully saturated rings. The van der Waals surface area contributed by atoms with E-state index in [9.17, 15) is 13.2 Å². The Morgan fingerprint density at radius 1 is 0.789 bits per heavy atom. The van der Waals surface area contributed by atoms with E-state index >= 15 is 0 Å². The van der Waals surface area contributed by atoms with Gasteiger partial charge in [-0.15, -0.1) is 0 Å². The van der Waals surface area contributed by atoms with Gasteiger partial charge in [0.2, 0.25) is 0 Å². The second-order valence-corrected chi connectivity index (χ2v) is 12.5. The molecule has 1 heterocycles. The Kier molecular flexibility index (Phi) is 10.4. The normalized spacial score (nSPS) is 12.4. The Bertz CT molecular complexity index is 1230.